The van der Waals surface area contributed by atoms with Gasteiger partial charge in [-0.3, -0.25) is 0 Å². The van der Waals surface area contributed by atoms with Gasteiger partial charge in [-0.15, -0.1) is 0 Å². The number of carboxylic acid groups (broad SMARTS) is 1. The van der Waals surface area contributed by atoms with Crippen LogP contribution in [-0.2, 0) is 0 Å². The third-order valence-electron chi connectivity index (χ3n) is 4.13. The summed E-state index contributed by atoms with van der Waals surface area (Å²) >= 11 is 0. The molecule has 1 aromatic rings. The number of hydrogen-bond acceptors (Lipinski definition) is 2. The minimum Gasteiger partial charge on any atom is -0.478 e. The molecule has 1 aliphatic carbocycles. The molecule has 0 aromatic heterocycles. The van der Waals surface area contributed by atoms with Crippen molar-refractivity contribution in [2.75, 3.05) is 5.32 Å². The first-order chi connectivity index (χ1) is 9.10. The van der Waals surface area contributed by atoms with E-state index in [4.69, 9.17) is 0 Å². The standard InChI is InChI=1S/C16H23NO2/c1-3-12-5-4-6-13(10-12)17-15-9-11(2)7-8-14(15)16(18)19/h7-9,12-13,17H,3-6,10H2,1-2H3,(H,18,19). The average Bonchev–Trinajstić information content (AvgIpc) is 2.38. The van der Waals surface area contributed by atoms with Crippen LogP contribution in [0.2, 0.25) is 0 Å². The van der Waals surface area contributed by atoms with Gasteiger partial charge in [0.25, 0.3) is 0 Å². The minimum atomic E-state index is -0.856. The van der Waals surface area contributed by atoms with Gasteiger partial charge in [-0.2, -0.15) is 0 Å². The summed E-state index contributed by atoms with van der Waals surface area (Å²) in [5.41, 5.74) is 2.24. The van der Waals surface area contributed by atoms with Crippen molar-refractivity contribution in [2.45, 2.75) is 52.0 Å². The van der Waals surface area contributed by atoms with Crippen LogP contribution >= 0.6 is 0 Å². The zero-order valence-corrected chi connectivity index (χ0v) is 11.8. The fourth-order valence-corrected chi connectivity index (χ4v) is 2.98. The van der Waals surface area contributed by atoms with Crippen molar-refractivity contribution in [3.8, 4) is 0 Å². The Labute approximate surface area is 115 Å². The SMILES string of the molecule is CCC1CCCC(Nc2cc(C)ccc2C(=O)O)C1. The molecule has 19 heavy (non-hydrogen) atoms. The predicted molar refractivity (Wildman–Crippen MR) is 77.8 cm³/mol. The molecule has 104 valence electrons. The van der Waals surface area contributed by atoms with Gasteiger partial charge < -0.3 is 10.4 Å². The summed E-state index contributed by atoms with van der Waals surface area (Å²) in [5, 5.41) is 12.7. The lowest BCUT2D eigenvalue weighted by molar-refractivity contribution is 0.0698. The summed E-state index contributed by atoms with van der Waals surface area (Å²) in [6.07, 6.45) is 6.07. The summed E-state index contributed by atoms with van der Waals surface area (Å²) in [7, 11) is 0. The van der Waals surface area contributed by atoms with Gasteiger partial charge >= 0.3 is 5.97 Å². The van der Waals surface area contributed by atoms with E-state index in [-0.39, 0.29) is 0 Å². The number of nitrogens with one attached hydrogen (secondary N) is 1. The van der Waals surface area contributed by atoms with Crippen molar-refractivity contribution in [1.29, 1.82) is 0 Å². The molecular weight excluding hydrogens is 238 g/mol. The zero-order chi connectivity index (χ0) is 13.8. The summed E-state index contributed by atoms with van der Waals surface area (Å²) in [6.45, 7) is 4.23. The molecule has 2 rings (SSSR count). The largest absolute Gasteiger partial charge is 0.478 e. The Bertz CT molecular complexity index is 456. The summed E-state index contributed by atoms with van der Waals surface area (Å²) in [5.74, 6) is -0.0744. The number of benzene rings is 1. The second-order valence-electron chi connectivity index (χ2n) is 5.64. The third kappa shape index (κ3) is 3.49. The third-order valence-corrected chi connectivity index (χ3v) is 4.13. The molecule has 1 fully saturated rings. The maximum Gasteiger partial charge on any atom is 0.337 e. The van der Waals surface area contributed by atoms with Crippen molar-refractivity contribution >= 4 is 11.7 Å². The fourth-order valence-electron chi connectivity index (χ4n) is 2.98. The Morgan fingerprint density at radius 3 is 2.89 bits per heavy atom. The normalized spacial score (nSPS) is 23.1. The highest BCUT2D eigenvalue weighted by atomic mass is 16.4. The Morgan fingerprint density at radius 2 is 2.21 bits per heavy atom. The number of aromatic carboxylic acids is 1. The second-order valence-corrected chi connectivity index (χ2v) is 5.64. The van der Waals surface area contributed by atoms with Crippen molar-refractivity contribution < 1.29 is 9.90 Å². The van der Waals surface area contributed by atoms with Gasteiger partial charge in [-0.05, 0) is 43.4 Å². The Balaban J connectivity index is 2.13. The number of rotatable bonds is 4. The van der Waals surface area contributed by atoms with Crippen LogP contribution < -0.4 is 5.32 Å². The topological polar surface area (TPSA) is 49.3 Å². The van der Waals surface area contributed by atoms with Gasteiger partial charge in [-0.1, -0.05) is 32.3 Å². The summed E-state index contributed by atoms with van der Waals surface area (Å²) < 4.78 is 0. The Hall–Kier alpha value is -1.51. The van der Waals surface area contributed by atoms with Crippen LogP contribution in [0.4, 0.5) is 5.69 Å². The van der Waals surface area contributed by atoms with E-state index in [2.05, 4.69) is 12.2 Å². The number of aryl methyl sites for hydroxylation is 1. The lowest BCUT2D eigenvalue weighted by Crippen LogP contribution is -2.27. The number of anilines is 1. The number of carboxylic acids is 1. The summed E-state index contributed by atoms with van der Waals surface area (Å²) in [4.78, 5) is 11.3. The predicted octanol–water partition coefficient (Wildman–Crippen LogP) is 4.07. The molecule has 0 amide bonds. The molecule has 0 aliphatic heterocycles. The van der Waals surface area contributed by atoms with Crippen LogP contribution in [-0.4, -0.2) is 17.1 Å². The molecule has 2 unspecified atom stereocenters. The van der Waals surface area contributed by atoms with Gasteiger partial charge in [0.1, 0.15) is 0 Å². The van der Waals surface area contributed by atoms with E-state index in [0.717, 1.165) is 30.0 Å². The summed E-state index contributed by atoms with van der Waals surface area (Å²) in [6, 6.07) is 5.90. The van der Waals surface area contributed by atoms with Crippen molar-refractivity contribution in [3.05, 3.63) is 29.3 Å². The van der Waals surface area contributed by atoms with Crippen LogP contribution in [0, 0.1) is 12.8 Å². The van der Waals surface area contributed by atoms with Gasteiger partial charge in [0.05, 0.1) is 5.56 Å². The van der Waals surface area contributed by atoms with E-state index in [1.54, 1.807) is 6.07 Å². The lowest BCUT2D eigenvalue weighted by atomic mass is 9.84. The molecule has 3 nitrogen and oxygen atoms in total. The molecule has 0 spiro atoms. The first kappa shape index (κ1) is 13.9. The van der Waals surface area contributed by atoms with Gasteiger partial charge in [0.2, 0.25) is 0 Å². The van der Waals surface area contributed by atoms with E-state index in [1.807, 2.05) is 19.1 Å². The average molecular weight is 261 g/mol. The monoisotopic (exact) mass is 261 g/mol. The van der Waals surface area contributed by atoms with Crippen molar-refractivity contribution in [2.24, 2.45) is 5.92 Å². The molecule has 0 bridgehead atoms. The van der Waals surface area contributed by atoms with E-state index in [1.165, 1.54) is 19.3 Å². The molecule has 0 saturated heterocycles. The highest BCUT2D eigenvalue weighted by Crippen LogP contribution is 2.29. The maximum absolute atomic E-state index is 11.3. The fraction of sp³-hybridized carbons (Fsp3) is 0.562. The van der Waals surface area contributed by atoms with Crippen LogP contribution in [0.3, 0.4) is 0 Å². The molecule has 0 radical (unpaired) electrons. The first-order valence-corrected chi connectivity index (χ1v) is 7.20. The van der Waals surface area contributed by atoms with E-state index in [0.29, 0.717) is 11.6 Å². The van der Waals surface area contributed by atoms with E-state index >= 15 is 0 Å². The lowest BCUT2D eigenvalue weighted by Gasteiger charge is -2.30. The van der Waals surface area contributed by atoms with Crippen LogP contribution in [0.1, 0.15) is 54.9 Å². The number of hydrogen-bond donors (Lipinski definition) is 2. The molecule has 1 aliphatic rings. The van der Waals surface area contributed by atoms with Crippen LogP contribution in [0.25, 0.3) is 0 Å². The molecular formula is C16H23NO2. The number of carbonyl (C=O) groups is 1. The van der Waals surface area contributed by atoms with E-state index in [9.17, 15) is 9.90 Å². The Kier molecular flexibility index (Phi) is 4.46. The molecule has 0 heterocycles. The van der Waals surface area contributed by atoms with Crippen molar-refractivity contribution in [1.82, 2.24) is 0 Å². The second kappa shape index (κ2) is 6.09. The minimum absolute atomic E-state index is 0.379. The molecule has 1 saturated carbocycles. The highest BCUT2D eigenvalue weighted by molar-refractivity contribution is 5.94. The quantitative estimate of drug-likeness (QED) is 0.858. The van der Waals surface area contributed by atoms with Gasteiger partial charge in [0, 0.05) is 11.7 Å². The Morgan fingerprint density at radius 1 is 1.42 bits per heavy atom. The first-order valence-electron chi connectivity index (χ1n) is 7.20. The smallest absolute Gasteiger partial charge is 0.337 e. The van der Waals surface area contributed by atoms with Gasteiger partial charge in [-0.25, -0.2) is 4.79 Å². The van der Waals surface area contributed by atoms with Gasteiger partial charge in [0.15, 0.2) is 0 Å². The molecule has 2 N–H and O–H groups in total. The molecule has 2 atom stereocenters. The van der Waals surface area contributed by atoms with Crippen LogP contribution in [0.5, 0.6) is 0 Å². The highest BCUT2D eigenvalue weighted by Gasteiger charge is 2.22. The van der Waals surface area contributed by atoms with Crippen LogP contribution in [0.15, 0.2) is 18.2 Å². The van der Waals surface area contributed by atoms with E-state index < -0.39 is 5.97 Å². The zero-order valence-electron chi connectivity index (χ0n) is 11.8. The molecule has 3 heteroatoms. The molecule has 1 aromatic carbocycles. The van der Waals surface area contributed by atoms with Crippen molar-refractivity contribution in [3.63, 3.8) is 0 Å². The maximum atomic E-state index is 11.3.